The lowest BCUT2D eigenvalue weighted by Gasteiger charge is -2.09. The number of hydrogen-bond donors (Lipinski definition) is 0. The molecule has 0 atom stereocenters. The molecular formula is C20H20O4. The topological polar surface area (TPSA) is 44.8 Å². The third kappa shape index (κ3) is 4.26. The Morgan fingerprint density at radius 1 is 1.04 bits per heavy atom. The Kier molecular flexibility index (Phi) is 6.20. The number of rotatable bonds is 8. The maximum atomic E-state index is 12.3. The van der Waals surface area contributed by atoms with Crippen LogP contribution >= 0.6 is 0 Å². The summed E-state index contributed by atoms with van der Waals surface area (Å²) in [4.78, 5) is 12.3. The summed E-state index contributed by atoms with van der Waals surface area (Å²) in [6, 6.07) is 12.4. The van der Waals surface area contributed by atoms with E-state index in [4.69, 9.17) is 14.2 Å². The molecule has 0 N–H and O–H groups in total. The van der Waals surface area contributed by atoms with E-state index in [9.17, 15) is 4.79 Å². The minimum atomic E-state index is -0.113. The van der Waals surface area contributed by atoms with Crippen LogP contribution in [-0.2, 0) is 0 Å². The molecule has 0 spiro atoms. The molecule has 2 rings (SSSR count). The molecule has 2 aromatic carbocycles. The molecular weight excluding hydrogens is 304 g/mol. The molecule has 0 aliphatic heterocycles. The van der Waals surface area contributed by atoms with Gasteiger partial charge in [0.15, 0.2) is 5.78 Å². The van der Waals surface area contributed by atoms with E-state index >= 15 is 0 Å². The van der Waals surface area contributed by atoms with Crippen LogP contribution in [0.2, 0.25) is 0 Å². The summed E-state index contributed by atoms with van der Waals surface area (Å²) in [5.41, 5.74) is 1.30. The fraction of sp³-hybridized carbons (Fsp3) is 0.150. The van der Waals surface area contributed by atoms with Gasteiger partial charge < -0.3 is 14.2 Å². The molecule has 0 fully saturated rings. The van der Waals surface area contributed by atoms with Gasteiger partial charge in [-0.1, -0.05) is 18.7 Å². The van der Waals surface area contributed by atoms with Crippen LogP contribution in [0.25, 0.3) is 6.08 Å². The average molecular weight is 324 g/mol. The lowest BCUT2D eigenvalue weighted by Crippen LogP contribution is -1.97. The molecule has 0 aliphatic carbocycles. The Hall–Kier alpha value is -3.01. The second-order valence-corrected chi connectivity index (χ2v) is 4.90. The van der Waals surface area contributed by atoms with Crippen molar-refractivity contribution >= 4 is 11.9 Å². The SMILES string of the molecule is C=CCOc1ccc(C(=O)C=Cc2c(OC)cccc2OC)cc1. The summed E-state index contributed by atoms with van der Waals surface area (Å²) in [6.45, 7) is 4.03. The highest BCUT2D eigenvalue weighted by molar-refractivity contribution is 6.07. The molecule has 24 heavy (non-hydrogen) atoms. The van der Waals surface area contributed by atoms with E-state index in [2.05, 4.69) is 6.58 Å². The molecule has 2 aromatic rings. The van der Waals surface area contributed by atoms with E-state index in [0.717, 1.165) is 5.56 Å². The second kappa shape index (κ2) is 8.58. The summed E-state index contributed by atoms with van der Waals surface area (Å²) < 4.78 is 16.0. The van der Waals surface area contributed by atoms with E-state index in [1.807, 2.05) is 18.2 Å². The fourth-order valence-corrected chi connectivity index (χ4v) is 2.17. The van der Waals surface area contributed by atoms with Crippen molar-refractivity contribution in [1.82, 2.24) is 0 Å². The quantitative estimate of drug-likeness (QED) is 0.415. The van der Waals surface area contributed by atoms with Crippen molar-refractivity contribution in [3.8, 4) is 17.2 Å². The zero-order valence-corrected chi connectivity index (χ0v) is 13.8. The third-order valence-corrected chi connectivity index (χ3v) is 3.37. The molecule has 4 nitrogen and oxygen atoms in total. The molecule has 0 aliphatic rings. The van der Waals surface area contributed by atoms with Crippen LogP contribution < -0.4 is 14.2 Å². The number of ether oxygens (including phenoxy) is 3. The van der Waals surface area contributed by atoms with Crippen LogP contribution in [0.5, 0.6) is 17.2 Å². The Bertz CT molecular complexity index is 708. The van der Waals surface area contributed by atoms with Crippen LogP contribution in [0.1, 0.15) is 15.9 Å². The minimum absolute atomic E-state index is 0.113. The first-order valence-electron chi connectivity index (χ1n) is 7.46. The van der Waals surface area contributed by atoms with Gasteiger partial charge in [-0.05, 0) is 48.6 Å². The number of ketones is 1. The lowest BCUT2D eigenvalue weighted by atomic mass is 10.1. The van der Waals surface area contributed by atoms with Gasteiger partial charge in [0, 0.05) is 5.56 Å². The first-order valence-corrected chi connectivity index (χ1v) is 7.46. The molecule has 0 saturated carbocycles. The molecule has 0 saturated heterocycles. The summed E-state index contributed by atoms with van der Waals surface area (Å²) in [5, 5.41) is 0. The maximum Gasteiger partial charge on any atom is 0.185 e. The molecule has 0 radical (unpaired) electrons. The normalized spacial score (nSPS) is 10.4. The van der Waals surface area contributed by atoms with Crippen molar-refractivity contribution in [2.45, 2.75) is 0 Å². The standard InChI is InChI=1S/C20H20O4/c1-4-14-24-16-10-8-15(9-11-16)18(21)13-12-17-19(22-2)6-5-7-20(17)23-3/h4-13H,1,14H2,2-3H3. The largest absolute Gasteiger partial charge is 0.496 e. The van der Waals surface area contributed by atoms with E-state index < -0.39 is 0 Å². The molecule has 124 valence electrons. The maximum absolute atomic E-state index is 12.3. The molecule has 0 bridgehead atoms. The highest BCUT2D eigenvalue weighted by atomic mass is 16.5. The Balaban J connectivity index is 2.17. The Morgan fingerprint density at radius 3 is 2.21 bits per heavy atom. The number of carbonyl (C=O) groups is 1. The van der Waals surface area contributed by atoms with Crippen molar-refractivity contribution in [3.05, 3.63) is 72.3 Å². The number of carbonyl (C=O) groups excluding carboxylic acids is 1. The van der Waals surface area contributed by atoms with E-state index in [0.29, 0.717) is 29.4 Å². The average Bonchev–Trinajstić information content (AvgIpc) is 2.64. The van der Waals surface area contributed by atoms with Crippen LogP contribution in [-0.4, -0.2) is 26.6 Å². The summed E-state index contributed by atoms with van der Waals surface area (Å²) in [6.07, 6.45) is 4.87. The summed E-state index contributed by atoms with van der Waals surface area (Å²) >= 11 is 0. The highest BCUT2D eigenvalue weighted by Gasteiger charge is 2.08. The molecule has 0 amide bonds. The van der Waals surface area contributed by atoms with Crippen molar-refractivity contribution in [1.29, 1.82) is 0 Å². The van der Waals surface area contributed by atoms with Crippen molar-refractivity contribution in [3.63, 3.8) is 0 Å². The van der Waals surface area contributed by atoms with E-state index in [-0.39, 0.29) is 5.78 Å². The predicted octanol–water partition coefficient (Wildman–Crippen LogP) is 4.16. The van der Waals surface area contributed by atoms with Crippen LogP contribution in [0, 0.1) is 0 Å². The van der Waals surface area contributed by atoms with Crippen molar-refractivity contribution in [2.75, 3.05) is 20.8 Å². The highest BCUT2D eigenvalue weighted by Crippen LogP contribution is 2.29. The van der Waals surface area contributed by atoms with Gasteiger partial charge in [-0.2, -0.15) is 0 Å². The molecule has 4 heteroatoms. The molecule has 0 unspecified atom stereocenters. The van der Waals surface area contributed by atoms with Gasteiger partial charge in [0.25, 0.3) is 0 Å². The van der Waals surface area contributed by atoms with Crippen LogP contribution in [0.3, 0.4) is 0 Å². The molecule has 0 aromatic heterocycles. The number of methoxy groups -OCH3 is 2. The first kappa shape index (κ1) is 17.3. The smallest absolute Gasteiger partial charge is 0.185 e. The van der Waals surface area contributed by atoms with Crippen LogP contribution in [0.4, 0.5) is 0 Å². The van der Waals surface area contributed by atoms with Gasteiger partial charge in [0.05, 0.1) is 19.8 Å². The third-order valence-electron chi connectivity index (χ3n) is 3.37. The van der Waals surface area contributed by atoms with Gasteiger partial charge >= 0.3 is 0 Å². The van der Waals surface area contributed by atoms with Gasteiger partial charge in [-0.3, -0.25) is 4.79 Å². The number of allylic oxidation sites excluding steroid dienone is 1. The Morgan fingerprint density at radius 2 is 1.67 bits per heavy atom. The molecule has 0 heterocycles. The van der Waals surface area contributed by atoms with Gasteiger partial charge in [-0.25, -0.2) is 0 Å². The van der Waals surface area contributed by atoms with E-state index in [1.165, 1.54) is 6.08 Å². The van der Waals surface area contributed by atoms with Gasteiger partial charge in [0.2, 0.25) is 0 Å². The fourth-order valence-electron chi connectivity index (χ4n) is 2.17. The Labute approximate surface area is 142 Å². The van der Waals surface area contributed by atoms with Gasteiger partial charge in [-0.15, -0.1) is 0 Å². The van der Waals surface area contributed by atoms with E-state index in [1.54, 1.807) is 50.6 Å². The van der Waals surface area contributed by atoms with Crippen LogP contribution in [0.15, 0.2) is 61.2 Å². The second-order valence-electron chi connectivity index (χ2n) is 4.90. The lowest BCUT2D eigenvalue weighted by molar-refractivity contribution is 0.104. The minimum Gasteiger partial charge on any atom is -0.496 e. The number of benzene rings is 2. The zero-order chi connectivity index (χ0) is 17.4. The monoisotopic (exact) mass is 324 g/mol. The zero-order valence-electron chi connectivity index (χ0n) is 13.8. The van der Waals surface area contributed by atoms with Crippen molar-refractivity contribution < 1.29 is 19.0 Å². The predicted molar refractivity (Wildman–Crippen MR) is 95.0 cm³/mol. The summed E-state index contributed by atoms with van der Waals surface area (Å²) in [5.74, 6) is 1.87. The van der Waals surface area contributed by atoms with Crippen molar-refractivity contribution in [2.24, 2.45) is 0 Å². The number of hydrogen-bond acceptors (Lipinski definition) is 4. The van der Waals surface area contributed by atoms with Gasteiger partial charge in [0.1, 0.15) is 23.9 Å². The first-order chi connectivity index (χ1) is 11.7. The summed E-state index contributed by atoms with van der Waals surface area (Å²) in [7, 11) is 3.16.